The van der Waals surface area contributed by atoms with Gasteiger partial charge in [-0.2, -0.15) is 5.10 Å². The van der Waals surface area contributed by atoms with Crippen LogP contribution in [-0.2, 0) is 4.74 Å². The number of para-hydroxylation sites is 1. The smallest absolute Gasteiger partial charge is 0.270 e. The molecule has 6 heteroatoms. The molecule has 1 aliphatic rings. The SMILES string of the molecule is CN(C(=O)c1ccc(-c2cnn(-c3ccccc3)c2)[nH]1)C1CCOCC1. The third-order valence-electron chi connectivity index (χ3n) is 4.89. The van der Waals surface area contributed by atoms with Gasteiger partial charge in [-0.3, -0.25) is 4.79 Å². The second-order valence-corrected chi connectivity index (χ2v) is 6.55. The zero-order valence-corrected chi connectivity index (χ0v) is 14.8. The van der Waals surface area contributed by atoms with Crippen LogP contribution in [-0.4, -0.2) is 51.9 Å². The quantitative estimate of drug-likeness (QED) is 0.786. The Hall–Kier alpha value is -2.86. The van der Waals surface area contributed by atoms with E-state index in [0.717, 1.165) is 43.0 Å². The minimum atomic E-state index is 0.0126. The van der Waals surface area contributed by atoms with Crippen molar-refractivity contribution in [2.24, 2.45) is 0 Å². The van der Waals surface area contributed by atoms with Crippen LogP contribution in [0.3, 0.4) is 0 Å². The Morgan fingerprint density at radius 3 is 2.73 bits per heavy atom. The first-order chi connectivity index (χ1) is 12.7. The number of nitrogens with zero attached hydrogens (tertiary/aromatic N) is 3. The molecule has 1 saturated heterocycles. The van der Waals surface area contributed by atoms with E-state index in [1.807, 2.05) is 65.3 Å². The summed E-state index contributed by atoms with van der Waals surface area (Å²) in [6.45, 7) is 1.44. The van der Waals surface area contributed by atoms with Gasteiger partial charge in [0, 0.05) is 43.8 Å². The molecule has 26 heavy (non-hydrogen) atoms. The Morgan fingerprint density at radius 1 is 1.19 bits per heavy atom. The van der Waals surface area contributed by atoms with Gasteiger partial charge in [0.1, 0.15) is 5.69 Å². The van der Waals surface area contributed by atoms with Gasteiger partial charge in [0.2, 0.25) is 0 Å². The van der Waals surface area contributed by atoms with Crippen molar-refractivity contribution < 1.29 is 9.53 Å². The van der Waals surface area contributed by atoms with E-state index < -0.39 is 0 Å². The lowest BCUT2D eigenvalue weighted by atomic mass is 10.1. The molecule has 1 amide bonds. The maximum atomic E-state index is 12.7. The molecule has 0 unspecified atom stereocenters. The van der Waals surface area contributed by atoms with E-state index >= 15 is 0 Å². The molecule has 3 aromatic rings. The fourth-order valence-electron chi connectivity index (χ4n) is 3.30. The summed E-state index contributed by atoms with van der Waals surface area (Å²) in [4.78, 5) is 17.8. The first kappa shape index (κ1) is 16.6. The largest absolute Gasteiger partial charge is 0.381 e. The van der Waals surface area contributed by atoms with Gasteiger partial charge >= 0.3 is 0 Å². The summed E-state index contributed by atoms with van der Waals surface area (Å²) in [7, 11) is 1.87. The highest BCUT2D eigenvalue weighted by molar-refractivity contribution is 5.93. The van der Waals surface area contributed by atoms with Crippen LogP contribution < -0.4 is 0 Å². The average molecular weight is 350 g/mol. The monoisotopic (exact) mass is 350 g/mol. The molecule has 0 saturated carbocycles. The predicted molar refractivity (Wildman–Crippen MR) is 99.3 cm³/mol. The summed E-state index contributed by atoms with van der Waals surface area (Å²) in [6.07, 6.45) is 5.53. The number of hydrogen-bond acceptors (Lipinski definition) is 3. The van der Waals surface area contributed by atoms with Crippen LogP contribution in [0.5, 0.6) is 0 Å². The molecule has 0 radical (unpaired) electrons. The number of benzene rings is 1. The highest BCUT2D eigenvalue weighted by Crippen LogP contribution is 2.21. The molecule has 4 rings (SSSR count). The molecule has 2 aromatic heterocycles. The first-order valence-corrected chi connectivity index (χ1v) is 8.87. The third-order valence-corrected chi connectivity index (χ3v) is 4.89. The van der Waals surface area contributed by atoms with E-state index in [4.69, 9.17) is 4.74 Å². The normalized spacial score (nSPS) is 15.1. The van der Waals surface area contributed by atoms with Gasteiger partial charge in [-0.15, -0.1) is 0 Å². The summed E-state index contributed by atoms with van der Waals surface area (Å²) in [5, 5.41) is 4.41. The van der Waals surface area contributed by atoms with E-state index in [0.29, 0.717) is 5.69 Å². The van der Waals surface area contributed by atoms with Gasteiger partial charge in [-0.05, 0) is 37.1 Å². The maximum absolute atomic E-state index is 12.7. The summed E-state index contributed by atoms with van der Waals surface area (Å²) < 4.78 is 7.21. The van der Waals surface area contributed by atoms with Gasteiger partial charge < -0.3 is 14.6 Å². The van der Waals surface area contributed by atoms with Gasteiger partial charge in [0.25, 0.3) is 5.91 Å². The molecule has 1 aromatic carbocycles. The van der Waals surface area contributed by atoms with Crippen LogP contribution in [0.2, 0.25) is 0 Å². The Bertz CT molecular complexity index is 878. The number of H-pyrrole nitrogens is 1. The summed E-state index contributed by atoms with van der Waals surface area (Å²) in [6, 6.07) is 14.0. The second kappa shape index (κ2) is 7.17. The minimum absolute atomic E-state index is 0.0126. The molecular weight excluding hydrogens is 328 g/mol. The standard InChI is InChI=1S/C20H22N4O2/c1-23(16-9-11-26-12-10-16)20(25)19-8-7-18(22-19)15-13-21-24(14-15)17-5-3-2-4-6-17/h2-8,13-14,16,22H,9-12H2,1H3. The predicted octanol–water partition coefficient (Wildman–Crippen LogP) is 3.12. The Morgan fingerprint density at radius 2 is 1.96 bits per heavy atom. The molecule has 0 aliphatic carbocycles. The molecule has 3 heterocycles. The first-order valence-electron chi connectivity index (χ1n) is 8.87. The number of hydrogen-bond donors (Lipinski definition) is 1. The molecule has 0 spiro atoms. The van der Waals surface area contributed by atoms with E-state index in [1.54, 1.807) is 6.20 Å². The number of aromatic amines is 1. The van der Waals surface area contributed by atoms with E-state index in [-0.39, 0.29) is 11.9 Å². The van der Waals surface area contributed by atoms with Crippen LogP contribution in [0.4, 0.5) is 0 Å². The lowest BCUT2D eigenvalue weighted by Crippen LogP contribution is -2.40. The van der Waals surface area contributed by atoms with E-state index in [2.05, 4.69) is 10.1 Å². The fourth-order valence-corrected chi connectivity index (χ4v) is 3.30. The highest BCUT2D eigenvalue weighted by atomic mass is 16.5. The van der Waals surface area contributed by atoms with Crippen molar-refractivity contribution in [2.45, 2.75) is 18.9 Å². The van der Waals surface area contributed by atoms with Gasteiger partial charge in [0.15, 0.2) is 0 Å². The van der Waals surface area contributed by atoms with Crippen molar-refractivity contribution in [2.75, 3.05) is 20.3 Å². The number of carbonyl (C=O) groups is 1. The second-order valence-electron chi connectivity index (χ2n) is 6.55. The molecular formula is C20H22N4O2. The fraction of sp³-hybridized carbons (Fsp3) is 0.300. The van der Waals surface area contributed by atoms with Gasteiger partial charge in [-0.25, -0.2) is 4.68 Å². The van der Waals surface area contributed by atoms with Gasteiger partial charge in [-0.1, -0.05) is 18.2 Å². The topological polar surface area (TPSA) is 63.2 Å². The number of amides is 1. The number of nitrogens with one attached hydrogen (secondary N) is 1. The average Bonchev–Trinajstić information content (AvgIpc) is 3.38. The van der Waals surface area contributed by atoms with Crippen LogP contribution in [0, 0.1) is 0 Å². The van der Waals surface area contributed by atoms with Crippen LogP contribution in [0.15, 0.2) is 54.9 Å². The molecule has 1 fully saturated rings. The van der Waals surface area contributed by atoms with Crippen molar-refractivity contribution in [1.82, 2.24) is 19.7 Å². The van der Waals surface area contributed by atoms with E-state index in [9.17, 15) is 4.79 Å². The van der Waals surface area contributed by atoms with Crippen LogP contribution in [0.25, 0.3) is 16.9 Å². The molecule has 1 N–H and O–H groups in total. The Kier molecular flexibility index (Phi) is 4.58. The maximum Gasteiger partial charge on any atom is 0.270 e. The van der Waals surface area contributed by atoms with Crippen molar-refractivity contribution in [3.8, 4) is 16.9 Å². The number of aromatic nitrogens is 3. The van der Waals surface area contributed by atoms with Crippen LogP contribution >= 0.6 is 0 Å². The van der Waals surface area contributed by atoms with Gasteiger partial charge in [0.05, 0.1) is 11.9 Å². The zero-order valence-electron chi connectivity index (χ0n) is 14.8. The van der Waals surface area contributed by atoms with Crippen LogP contribution in [0.1, 0.15) is 23.3 Å². The highest BCUT2D eigenvalue weighted by Gasteiger charge is 2.24. The van der Waals surface area contributed by atoms with Crippen molar-refractivity contribution in [3.05, 3.63) is 60.6 Å². The molecule has 1 aliphatic heterocycles. The third kappa shape index (κ3) is 3.28. The van der Waals surface area contributed by atoms with Crippen molar-refractivity contribution in [3.63, 3.8) is 0 Å². The van der Waals surface area contributed by atoms with E-state index in [1.165, 1.54) is 0 Å². The summed E-state index contributed by atoms with van der Waals surface area (Å²) >= 11 is 0. The van der Waals surface area contributed by atoms with Crippen molar-refractivity contribution in [1.29, 1.82) is 0 Å². The molecule has 0 bridgehead atoms. The molecule has 134 valence electrons. The number of ether oxygens (including phenoxy) is 1. The molecule has 6 nitrogen and oxygen atoms in total. The van der Waals surface area contributed by atoms with Crippen molar-refractivity contribution >= 4 is 5.91 Å². The Labute approximate surface area is 152 Å². The lowest BCUT2D eigenvalue weighted by Gasteiger charge is -2.30. The Balaban J connectivity index is 1.51. The number of carbonyl (C=O) groups excluding carboxylic acids is 1. The summed E-state index contributed by atoms with van der Waals surface area (Å²) in [5.41, 5.74) is 3.43. The summed E-state index contributed by atoms with van der Waals surface area (Å²) in [5.74, 6) is 0.0126. The number of rotatable bonds is 4. The minimum Gasteiger partial charge on any atom is -0.381 e. The lowest BCUT2D eigenvalue weighted by molar-refractivity contribution is 0.0359. The zero-order chi connectivity index (χ0) is 17.9. The molecule has 0 atom stereocenters.